The molecule has 116 valence electrons. The molecule has 3 N–H and O–H groups in total. The molecule has 21 heavy (non-hydrogen) atoms. The minimum absolute atomic E-state index is 0.149. The molecule has 2 heterocycles. The number of nitrogens with zero attached hydrogens (tertiary/aromatic N) is 2. The number of aromatic amines is 1. The Labute approximate surface area is 125 Å². The van der Waals surface area contributed by atoms with Gasteiger partial charge < -0.3 is 10.6 Å². The van der Waals surface area contributed by atoms with Crippen LogP contribution in [-0.2, 0) is 6.42 Å². The van der Waals surface area contributed by atoms with E-state index < -0.39 is 0 Å². The molecule has 2 fully saturated rings. The Morgan fingerprint density at radius 2 is 2.19 bits per heavy atom. The second-order valence-corrected chi connectivity index (χ2v) is 6.39. The molecule has 1 amide bonds. The molecule has 0 bridgehead atoms. The van der Waals surface area contributed by atoms with Gasteiger partial charge in [0.05, 0.1) is 0 Å². The zero-order chi connectivity index (χ0) is 14.7. The third kappa shape index (κ3) is 3.26. The highest BCUT2D eigenvalue weighted by atomic mass is 16.2. The van der Waals surface area contributed by atoms with Gasteiger partial charge in [-0.05, 0) is 32.2 Å². The van der Waals surface area contributed by atoms with E-state index in [0.29, 0.717) is 0 Å². The molecule has 1 aromatic heterocycles. The highest BCUT2D eigenvalue weighted by molar-refractivity contribution is 5.90. The van der Waals surface area contributed by atoms with Gasteiger partial charge in [0.15, 0.2) is 0 Å². The Hall–Kier alpha value is -1.43. The third-order valence-corrected chi connectivity index (χ3v) is 4.85. The van der Waals surface area contributed by atoms with Gasteiger partial charge in [0.2, 0.25) is 5.82 Å². The first-order valence-electron chi connectivity index (χ1n) is 8.18. The summed E-state index contributed by atoms with van der Waals surface area (Å²) < 4.78 is 0. The summed E-state index contributed by atoms with van der Waals surface area (Å²) >= 11 is 0. The van der Waals surface area contributed by atoms with E-state index in [1.54, 1.807) is 0 Å². The summed E-state index contributed by atoms with van der Waals surface area (Å²) in [6.07, 6.45) is 9.19. The number of aryl methyl sites for hydroxylation is 1. The number of carbonyl (C=O) groups excluding carboxylic acids is 1. The molecule has 0 aromatic carbocycles. The number of aromatic nitrogens is 3. The van der Waals surface area contributed by atoms with Gasteiger partial charge in [-0.2, -0.15) is 0 Å². The monoisotopic (exact) mass is 291 g/mol. The highest BCUT2D eigenvalue weighted by Gasteiger charge is 2.37. The van der Waals surface area contributed by atoms with Crippen molar-refractivity contribution in [2.45, 2.75) is 69.9 Å². The lowest BCUT2D eigenvalue weighted by molar-refractivity contribution is 0.0882. The van der Waals surface area contributed by atoms with Gasteiger partial charge in [0.1, 0.15) is 5.82 Å². The standard InChI is InChI=1S/C15H25N5O/c1-2-12-18-13(20-19-12)14(21)17-11-6-9-16-15(10-11)7-4-3-5-8-15/h11,16H,2-10H2,1H3,(H,17,21)(H,18,19,20). The fourth-order valence-electron chi connectivity index (χ4n) is 3.70. The second-order valence-electron chi connectivity index (χ2n) is 6.39. The van der Waals surface area contributed by atoms with Crippen molar-refractivity contribution in [2.24, 2.45) is 0 Å². The number of hydrogen-bond acceptors (Lipinski definition) is 4. The summed E-state index contributed by atoms with van der Waals surface area (Å²) in [6, 6.07) is 0.237. The van der Waals surface area contributed by atoms with Crippen LogP contribution in [0.2, 0.25) is 0 Å². The Kier molecular flexibility index (Phi) is 4.24. The Morgan fingerprint density at radius 1 is 1.38 bits per heavy atom. The molecule has 3 rings (SSSR count). The minimum Gasteiger partial charge on any atom is -0.346 e. The molecule has 2 aliphatic rings. The zero-order valence-corrected chi connectivity index (χ0v) is 12.7. The number of hydrogen-bond donors (Lipinski definition) is 3. The van der Waals surface area contributed by atoms with Crippen molar-refractivity contribution < 1.29 is 4.79 Å². The van der Waals surface area contributed by atoms with Crippen LogP contribution in [0.5, 0.6) is 0 Å². The fraction of sp³-hybridized carbons (Fsp3) is 0.800. The number of carbonyl (C=O) groups is 1. The Balaban J connectivity index is 1.60. The largest absolute Gasteiger partial charge is 0.346 e. The first-order chi connectivity index (χ1) is 10.2. The van der Waals surface area contributed by atoms with Crippen LogP contribution in [-0.4, -0.2) is 39.2 Å². The van der Waals surface area contributed by atoms with Gasteiger partial charge in [0.25, 0.3) is 5.91 Å². The van der Waals surface area contributed by atoms with Crippen molar-refractivity contribution in [3.8, 4) is 0 Å². The quantitative estimate of drug-likeness (QED) is 0.789. The van der Waals surface area contributed by atoms with Crippen LogP contribution < -0.4 is 10.6 Å². The fourth-order valence-corrected chi connectivity index (χ4v) is 3.70. The Bertz CT molecular complexity index is 486. The molecular weight excluding hydrogens is 266 g/mol. The summed E-state index contributed by atoms with van der Waals surface area (Å²) in [5.41, 5.74) is 0.252. The molecule has 1 spiro atoms. The van der Waals surface area contributed by atoms with Crippen LogP contribution in [0.3, 0.4) is 0 Å². The van der Waals surface area contributed by atoms with E-state index in [-0.39, 0.29) is 23.3 Å². The predicted octanol–water partition coefficient (Wildman–Crippen LogP) is 1.55. The van der Waals surface area contributed by atoms with Crippen LogP contribution >= 0.6 is 0 Å². The van der Waals surface area contributed by atoms with Gasteiger partial charge in [-0.15, -0.1) is 5.10 Å². The van der Waals surface area contributed by atoms with Crippen LogP contribution in [0.15, 0.2) is 0 Å². The molecular formula is C15H25N5O. The smallest absolute Gasteiger partial charge is 0.291 e. The second kappa shape index (κ2) is 6.13. The molecule has 6 nitrogen and oxygen atoms in total. The molecule has 6 heteroatoms. The molecule has 1 aliphatic carbocycles. The third-order valence-electron chi connectivity index (χ3n) is 4.85. The van der Waals surface area contributed by atoms with Gasteiger partial charge in [0, 0.05) is 18.0 Å². The van der Waals surface area contributed by atoms with Gasteiger partial charge in [-0.1, -0.05) is 26.2 Å². The lowest BCUT2D eigenvalue weighted by atomic mass is 9.75. The van der Waals surface area contributed by atoms with E-state index in [1.165, 1.54) is 32.1 Å². The van der Waals surface area contributed by atoms with E-state index in [4.69, 9.17) is 0 Å². The summed E-state index contributed by atoms with van der Waals surface area (Å²) in [5, 5.41) is 13.6. The molecule has 1 atom stereocenters. The van der Waals surface area contributed by atoms with Gasteiger partial charge in [-0.25, -0.2) is 4.98 Å². The molecule has 1 saturated carbocycles. The van der Waals surface area contributed by atoms with Gasteiger partial charge in [-0.3, -0.25) is 9.89 Å². The summed E-state index contributed by atoms with van der Waals surface area (Å²) in [4.78, 5) is 16.4. The SMILES string of the molecule is CCc1nc(C(=O)NC2CCNC3(CCCCC3)C2)n[nH]1. The van der Waals surface area contributed by atoms with Crippen LogP contribution in [0.1, 0.15) is 68.3 Å². The van der Waals surface area contributed by atoms with Gasteiger partial charge >= 0.3 is 0 Å². The van der Waals surface area contributed by atoms with E-state index in [0.717, 1.165) is 31.6 Å². The maximum Gasteiger partial charge on any atom is 0.291 e. The van der Waals surface area contributed by atoms with Crippen molar-refractivity contribution in [1.29, 1.82) is 0 Å². The molecule has 0 radical (unpaired) electrons. The number of H-pyrrole nitrogens is 1. The van der Waals surface area contributed by atoms with E-state index in [2.05, 4.69) is 25.8 Å². The highest BCUT2D eigenvalue weighted by Crippen LogP contribution is 2.34. The molecule has 1 aromatic rings. The Morgan fingerprint density at radius 3 is 2.90 bits per heavy atom. The summed E-state index contributed by atoms with van der Waals surface area (Å²) in [5.74, 6) is 0.876. The van der Waals surface area contributed by atoms with Crippen molar-refractivity contribution in [3.05, 3.63) is 11.6 Å². The van der Waals surface area contributed by atoms with Crippen molar-refractivity contribution >= 4 is 5.91 Å². The van der Waals surface area contributed by atoms with Crippen LogP contribution in [0, 0.1) is 0 Å². The summed E-state index contributed by atoms with van der Waals surface area (Å²) in [7, 11) is 0. The lowest BCUT2D eigenvalue weighted by Crippen LogP contribution is -2.57. The zero-order valence-electron chi connectivity index (χ0n) is 12.7. The summed E-state index contributed by atoms with van der Waals surface area (Å²) in [6.45, 7) is 2.97. The number of nitrogens with one attached hydrogen (secondary N) is 3. The average molecular weight is 291 g/mol. The first-order valence-corrected chi connectivity index (χ1v) is 8.18. The van der Waals surface area contributed by atoms with Crippen molar-refractivity contribution in [2.75, 3.05) is 6.54 Å². The van der Waals surface area contributed by atoms with Crippen molar-refractivity contribution in [3.63, 3.8) is 0 Å². The number of rotatable bonds is 3. The average Bonchev–Trinajstić information content (AvgIpc) is 2.97. The molecule has 1 aliphatic heterocycles. The lowest BCUT2D eigenvalue weighted by Gasteiger charge is -2.44. The first kappa shape index (κ1) is 14.5. The number of amides is 1. The predicted molar refractivity (Wildman–Crippen MR) is 80.1 cm³/mol. The van der Waals surface area contributed by atoms with Crippen LogP contribution in [0.4, 0.5) is 0 Å². The minimum atomic E-state index is -0.149. The van der Waals surface area contributed by atoms with E-state index in [1.807, 2.05) is 6.92 Å². The molecule has 1 saturated heterocycles. The van der Waals surface area contributed by atoms with E-state index in [9.17, 15) is 4.79 Å². The topological polar surface area (TPSA) is 82.7 Å². The van der Waals surface area contributed by atoms with Crippen LogP contribution in [0.25, 0.3) is 0 Å². The normalized spacial score (nSPS) is 24.9. The number of piperidine rings is 1. The van der Waals surface area contributed by atoms with E-state index >= 15 is 0 Å². The maximum absolute atomic E-state index is 12.2. The van der Waals surface area contributed by atoms with Crippen molar-refractivity contribution in [1.82, 2.24) is 25.8 Å². The molecule has 1 unspecified atom stereocenters. The maximum atomic E-state index is 12.2.